The molecule has 0 atom stereocenters. The molecule has 0 aliphatic heterocycles. The van der Waals surface area contributed by atoms with E-state index >= 15 is 0 Å². The van der Waals surface area contributed by atoms with Crippen LogP contribution in [0.15, 0.2) is 65.1 Å². The summed E-state index contributed by atoms with van der Waals surface area (Å²) in [7, 11) is 3.38. The molecule has 25 heavy (non-hydrogen) atoms. The van der Waals surface area contributed by atoms with Gasteiger partial charge < -0.3 is 13.9 Å². The van der Waals surface area contributed by atoms with Gasteiger partial charge in [0.15, 0.2) is 0 Å². The van der Waals surface area contributed by atoms with Gasteiger partial charge in [-0.25, -0.2) is 0 Å². The molecule has 0 unspecified atom stereocenters. The first-order valence-electron chi connectivity index (χ1n) is 8.18. The maximum absolute atomic E-state index is 6.12. The van der Waals surface area contributed by atoms with E-state index in [1.165, 1.54) is 10.8 Å². The molecule has 0 aliphatic carbocycles. The van der Waals surface area contributed by atoms with Gasteiger partial charge in [0.05, 0.1) is 14.2 Å². The monoisotopic (exact) mass is 328 g/mol. The molecule has 1 heterocycles. The lowest BCUT2D eigenvalue weighted by Gasteiger charge is -2.05. The zero-order chi connectivity index (χ0) is 17.0. The molecule has 3 heteroatoms. The van der Waals surface area contributed by atoms with Crippen LogP contribution < -0.4 is 9.47 Å². The van der Waals surface area contributed by atoms with Crippen molar-refractivity contribution < 1.29 is 13.9 Å². The van der Waals surface area contributed by atoms with Gasteiger partial charge in [-0.05, 0) is 70.1 Å². The van der Waals surface area contributed by atoms with Crippen LogP contribution in [0.1, 0.15) is 0 Å². The maximum Gasteiger partial charge on any atom is 0.136 e. The van der Waals surface area contributed by atoms with Gasteiger partial charge in [0.1, 0.15) is 22.7 Å². The molecule has 0 amide bonds. The molecule has 5 aromatic rings. The second kappa shape index (κ2) is 5.15. The molecule has 122 valence electrons. The minimum Gasteiger partial charge on any atom is -0.497 e. The lowest BCUT2D eigenvalue weighted by molar-refractivity contribution is 0.415. The van der Waals surface area contributed by atoms with Gasteiger partial charge in [-0.1, -0.05) is 12.1 Å². The first-order chi connectivity index (χ1) is 12.3. The smallest absolute Gasteiger partial charge is 0.136 e. The van der Waals surface area contributed by atoms with Crippen molar-refractivity contribution in [3.05, 3.63) is 60.7 Å². The Morgan fingerprint density at radius 2 is 1.08 bits per heavy atom. The van der Waals surface area contributed by atoms with Gasteiger partial charge in [0.25, 0.3) is 0 Å². The molecule has 0 saturated heterocycles. The van der Waals surface area contributed by atoms with E-state index in [9.17, 15) is 0 Å². The maximum atomic E-state index is 6.12. The molecule has 0 spiro atoms. The van der Waals surface area contributed by atoms with Crippen LogP contribution >= 0.6 is 0 Å². The van der Waals surface area contributed by atoms with Crippen molar-refractivity contribution >= 4 is 43.5 Å². The predicted octanol–water partition coefficient (Wildman–Crippen LogP) is 5.91. The Hall–Kier alpha value is -3.20. The quantitative estimate of drug-likeness (QED) is 0.404. The molecule has 0 bridgehead atoms. The van der Waals surface area contributed by atoms with Crippen LogP contribution in [0.25, 0.3) is 43.5 Å². The number of fused-ring (bicyclic) bond motifs is 7. The molecule has 0 saturated carbocycles. The minimum absolute atomic E-state index is 0.856. The summed E-state index contributed by atoms with van der Waals surface area (Å²) in [6.07, 6.45) is 0. The van der Waals surface area contributed by atoms with E-state index in [4.69, 9.17) is 13.9 Å². The van der Waals surface area contributed by atoms with Gasteiger partial charge in [0, 0.05) is 10.8 Å². The highest BCUT2D eigenvalue weighted by molar-refractivity contribution is 6.26. The summed E-state index contributed by atoms with van der Waals surface area (Å²) in [5.74, 6) is 1.71. The number of benzene rings is 4. The molecule has 0 aliphatic rings. The molecule has 0 radical (unpaired) electrons. The van der Waals surface area contributed by atoms with E-state index in [0.29, 0.717) is 0 Å². The molecule has 1 aromatic heterocycles. The normalized spacial score (nSPS) is 11.6. The van der Waals surface area contributed by atoms with Crippen molar-refractivity contribution in [3.63, 3.8) is 0 Å². The Balaban J connectivity index is 1.98. The summed E-state index contributed by atoms with van der Waals surface area (Å²) in [6.45, 7) is 0. The average Bonchev–Trinajstić information content (AvgIpc) is 3.06. The lowest BCUT2D eigenvalue weighted by atomic mass is 9.99. The third-order valence-electron chi connectivity index (χ3n) is 4.85. The number of ether oxygens (including phenoxy) is 2. The summed E-state index contributed by atoms with van der Waals surface area (Å²) in [5.41, 5.74) is 1.80. The Labute approximate surface area is 144 Å². The highest BCUT2D eigenvalue weighted by atomic mass is 16.5. The highest BCUT2D eigenvalue weighted by Gasteiger charge is 2.14. The number of furan rings is 1. The summed E-state index contributed by atoms with van der Waals surface area (Å²) < 4.78 is 16.8. The van der Waals surface area contributed by atoms with E-state index in [0.717, 1.165) is 44.2 Å². The van der Waals surface area contributed by atoms with Crippen LogP contribution in [0, 0.1) is 0 Å². The van der Waals surface area contributed by atoms with Crippen molar-refractivity contribution in [3.8, 4) is 11.5 Å². The van der Waals surface area contributed by atoms with Crippen molar-refractivity contribution in [2.75, 3.05) is 14.2 Å². The topological polar surface area (TPSA) is 31.6 Å². The summed E-state index contributed by atoms with van der Waals surface area (Å²) >= 11 is 0. The number of rotatable bonds is 2. The van der Waals surface area contributed by atoms with Gasteiger partial charge in [-0.3, -0.25) is 0 Å². The average molecular weight is 328 g/mol. The molecule has 0 fully saturated rings. The third kappa shape index (κ3) is 1.99. The van der Waals surface area contributed by atoms with Gasteiger partial charge in [0.2, 0.25) is 0 Å². The highest BCUT2D eigenvalue weighted by Crippen LogP contribution is 2.39. The van der Waals surface area contributed by atoms with Crippen molar-refractivity contribution in [2.45, 2.75) is 0 Å². The first-order valence-corrected chi connectivity index (χ1v) is 8.18. The molecular formula is C22H16O3. The van der Waals surface area contributed by atoms with Crippen LogP contribution in [0.4, 0.5) is 0 Å². The Kier molecular flexibility index (Phi) is 2.92. The summed E-state index contributed by atoms with van der Waals surface area (Å²) in [6, 6.07) is 20.5. The Bertz CT molecular complexity index is 1170. The van der Waals surface area contributed by atoms with Gasteiger partial charge in [-0.15, -0.1) is 0 Å². The number of methoxy groups -OCH3 is 2. The summed E-state index contributed by atoms with van der Waals surface area (Å²) in [5, 5.41) is 6.90. The minimum atomic E-state index is 0.856. The zero-order valence-corrected chi connectivity index (χ0v) is 14.0. The number of hydrogen-bond acceptors (Lipinski definition) is 3. The zero-order valence-electron chi connectivity index (χ0n) is 14.0. The number of hydrogen-bond donors (Lipinski definition) is 0. The van der Waals surface area contributed by atoms with Crippen molar-refractivity contribution in [1.29, 1.82) is 0 Å². The predicted molar refractivity (Wildman–Crippen MR) is 102 cm³/mol. The van der Waals surface area contributed by atoms with E-state index < -0.39 is 0 Å². The Morgan fingerprint density at radius 1 is 0.600 bits per heavy atom. The van der Waals surface area contributed by atoms with Crippen LogP contribution in [0.3, 0.4) is 0 Å². The fourth-order valence-electron chi connectivity index (χ4n) is 3.63. The largest absolute Gasteiger partial charge is 0.497 e. The first kappa shape index (κ1) is 14.2. The van der Waals surface area contributed by atoms with Crippen molar-refractivity contribution in [2.24, 2.45) is 0 Å². The molecule has 0 N–H and O–H groups in total. The molecule has 5 rings (SSSR count). The molecule has 3 nitrogen and oxygen atoms in total. The van der Waals surface area contributed by atoms with E-state index in [2.05, 4.69) is 36.4 Å². The van der Waals surface area contributed by atoms with Crippen LogP contribution in [-0.4, -0.2) is 14.2 Å². The third-order valence-corrected chi connectivity index (χ3v) is 4.85. The van der Waals surface area contributed by atoms with Crippen LogP contribution in [0.2, 0.25) is 0 Å². The SMILES string of the molecule is COc1ccc2c(ccc3oc4ccc5cc(OC)ccc5c4c32)c1. The summed E-state index contributed by atoms with van der Waals surface area (Å²) in [4.78, 5) is 0. The van der Waals surface area contributed by atoms with Crippen LogP contribution in [0.5, 0.6) is 11.5 Å². The van der Waals surface area contributed by atoms with Gasteiger partial charge in [-0.2, -0.15) is 0 Å². The second-order valence-corrected chi connectivity index (χ2v) is 6.15. The van der Waals surface area contributed by atoms with Crippen molar-refractivity contribution in [1.82, 2.24) is 0 Å². The van der Waals surface area contributed by atoms with Crippen LogP contribution in [-0.2, 0) is 0 Å². The molecular weight excluding hydrogens is 312 g/mol. The second-order valence-electron chi connectivity index (χ2n) is 6.15. The lowest BCUT2D eigenvalue weighted by Crippen LogP contribution is -1.84. The van der Waals surface area contributed by atoms with E-state index in [1.807, 2.05) is 24.3 Å². The standard InChI is InChI=1S/C22H16O3/c1-23-15-5-7-17-13(11-15)3-9-19-21(17)22-18-8-6-16(24-2)12-14(18)4-10-20(22)25-19/h3-12H,1-2H3. The van der Waals surface area contributed by atoms with E-state index in [-0.39, 0.29) is 0 Å². The molecule has 4 aromatic carbocycles. The fourth-order valence-corrected chi connectivity index (χ4v) is 3.63. The van der Waals surface area contributed by atoms with E-state index in [1.54, 1.807) is 14.2 Å². The Morgan fingerprint density at radius 3 is 1.52 bits per heavy atom. The van der Waals surface area contributed by atoms with Gasteiger partial charge >= 0.3 is 0 Å². The fraction of sp³-hybridized carbons (Fsp3) is 0.0909.